The molecule has 2 aromatic heterocycles. The molecule has 6 rings (SSSR count). The Morgan fingerprint density at radius 1 is 0.833 bits per heavy atom. The first-order valence-corrected chi connectivity index (χ1v) is 11.3. The summed E-state index contributed by atoms with van der Waals surface area (Å²) in [7, 11) is 0. The van der Waals surface area contributed by atoms with Crippen LogP contribution in [0.25, 0.3) is 6.08 Å². The third-order valence-corrected chi connectivity index (χ3v) is 7.21. The van der Waals surface area contributed by atoms with E-state index >= 15 is 0 Å². The van der Waals surface area contributed by atoms with Crippen LogP contribution in [0.4, 0.5) is 0 Å². The van der Waals surface area contributed by atoms with E-state index in [2.05, 4.69) is 43.8 Å². The van der Waals surface area contributed by atoms with Crippen molar-refractivity contribution in [3.8, 4) is 11.8 Å². The Kier molecular flexibility index (Phi) is 5.49. The Labute approximate surface area is 178 Å². The topological polar surface area (TPSA) is 58.5 Å². The van der Waals surface area contributed by atoms with E-state index in [0.717, 1.165) is 5.76 Å². The van der Waals surface area contributed by atoms with Crippen molar-refractivity contribution in [1.29, 1.82) is 0 Å². The van der Waals surface area contributed by atoms with Gasteiger partial charge in [-0.15, -0.1) is 0 Å². The van der Waals surface area contributed by atoms with Crippen molar-refractivity contribution in [2.45, 2.75) is 62.4 Å². The fourth-order valence-electron chi connectivity index (χ4n) is 5.73. The van der Waals surface area contributed by atoms with E-state index in [-0.39, 0.29) is 5.54 Å². The molecule has 0 aliphatic carbocycles. The predicted octanol–water partition coefficient (Wildman–Crippen LogP) is 3.97. The number of aromatic nitrogens is 2. The van der Waals surface area contributed by atoms with Crippen molar-refractivity contribution in [2.75, 3.05) is 26.2 Å². The number of oxazole rings is 2. The Bertz CT molecular complexity index is 887. The summed E-state index contributed by atoms with van der Waals surface area (Å²) in [6.45, 7) is 4.96. The van der Waals surface area contributed by atoms with Gasteiger partial charge in [0.2, 0.25) is 0 Å². The van der Waals surface area contributed by atoms with Crippen LogP contribution in [-0.2, 0) is 0 Å². The molecule has 0 radical (unpaired) electrons. The summed E-state index contributed by atoms with van der Waals surface area (Å²) in [4.78, 5) is 12.9. The van der Waals surface area contributed by atoms with Crippen LogP contribution in [0.1, 0.15) is 62.9 Å². The van der Waals surface area contributed by atoms with E-state index in [9.17, 15) is 0 Å². The number of nitrogens with zero attached hydrogens (tertiary/aromatic N) is 4. The molecule has 0 atom stereocenters. The third-order valence-electron chi connectivity index (χ3n) is 7.21. The lowest BCUT2D eigenvalue weighted by Gasteiger charge is -2.28. The van der Waals surface area contributed by atoms with Crippen LogP contribution in [0.5, 0.6) is 0 Å². The van der Waals surface area contributed by atoms with Crippen LogP contribution >= 0.6 is 0 Å². The molecule has 158 valence electrons. The fourth-order valence-corrected chi connectivity index (χ4v) is 5.73. The first-order chi connectivity index (χ1) is 14.8. The Morgan fingerprint density at radius 3 is 2.17 bits per heavy atom. The molecule has 4 saturated heterocycles. The SMILES string of the molecule is C(#CC12CCCN1CCC2)c1cnco1.C(=C/C12CCCN1CCC2)/c1cnco1. The average Bonchev–Trinajstić information content (AvgIpc) is 3.56. The molecule has 6 heterocycles. The van der Waals surface area contributed by atoms with Crippen LogP contribution in [0, 0.1) is 11.8 Å². The minimum Gasteiger partial charge on any atom is -0.444 e. The van der Waals surface area contributed by atoms with Crippen LogP contribution in [0.2, 0.25) is 0 Å². The lowest BCUT2D eigenvalue weighted by Crippen LogP contribution is -2.36. The summed E-state index contributed by atoms with van der Waals surface area (Å²) < 4.78 is 10.4. The molecule has 4 aliphatic heterocycles. The highest BCUT2D eigenvalue weighted by molar-refractivity contribution is 5.44. The first-order valence-electron chi connectivity index (χ1n) is 11.3. The van der Waals surface area contributed by atoms with Crippen LogP contribution in [0.15, 0.2) is 40.1 Å². The number of hydrogen-bond acceptors (Lipinski definition) is 6. The second kappa shape index (κ2) is 8.41. The van der Waals surface area contributed by atoms with Crippen LogP contribution in [0.3, 0.4) is 0 Å². The Balaban J connectivity index is 0.000000128. The van der Waals surface area contributed by atoms with E-state index in [0.29, 0.717) is 11.3 Å². The molecule has 0 saturated carbocycles. The molecular weight excluding hydrogens is 376 g/mol. The van der Waals surface area contributed by atoms with E-state index in [4.69, 9.17) is 8.83 Å². The third kappa shape index (κ3) is 3.84. The highest BCUT2D eigenvalue weighted by Gasteiger charge is 2.43. The molecule has 0 aromatic carbocycles. The van der Waals surface area contributed by atoms with E-state index in [1.165, 1.54) is 90.3 Å². The predicted molar refractivity (Wildman–Crippen MR) is 114 cm³/mol. The standard InChI is InChI=1S/C12H16N2O.C12H14N2O/c2*1-4-12(5-2-8-14(12)7-1)6-3-11-9-13-10-15-11/h3,6,9-10H,1-2,4-5,7-8H2;9-10H,1-2,4-5,7-8H2/b6-3-;. The van der Waals surface area contributed by atoms with Gasteiger partial charge < -0.3 is 8.83 Å². The quantitative estimate of drug-likeness (QED) is 0.704. The van der Waals surface area contributed by atoms with Crippen molar-refractivity contribution in [2.24, 2.45) is 0 Å². The van der Waals surface area contributed by atoms with Gasteiger partial charge in [-0.25, -0.2) is 9.97 Å². The molecule has 30 heavy (non-hydrogen) atoms. The summed E-state index contributed by atoms with van der Waals surface area (Å²) in [5, 5.41) is 0. The summed E-state index contributed by atoms with van der Waals surface area (Å²) in [6.07, 6.45) is 21.0. The molecule has 6 heteroatoms. The van der Waals surface area contributed by atoms with Crippen molar-refractivity contribution >= 4 is 6.08 Å². The van der Waals surface area contributed by atoms with Crippen molar-refractivity contribution in [3.63, 3.8) is 0 Å². The molecular formula is C24H30N4O2. The Hall–Kier alpha value is -2.36. The summed E-state index contributed by atoms with van der Waals surface area (Å²) in [6, 6.07) is 0. The highest BCUT2D eigenvalue weighted by atomic mass is 16.3. The number of rotatable bonds is 2. The molecule has 2 aromatic rings. The molecule has 0 N–H and O–H groups in total. The maximum absolute atomic E-state index is 5.22. The Morgan fingerprint density at radius 2 is 1.50 bits per heavy atom. The number of fused-ring (bicyclic) bond motifs is 2. The smallest absolute Gasteiger partial charge is 0.197 e. The van der Waals surface area contributed by atoms with E-state index in [1.54, 1.807) is 12.4 Å². The molecule has 0 spiro atoms. The van der Waals surface area contributed by atoms with Gasteiger partial charge in [-0.3, -0.25) is 9.80 Å². The van der Waals surface area contributed by atoms with Gasteiger partial charge in [0.05, 0.1) is 17.9 Å². The zero-order chi connectivity index (χ0) is 20.3. The van der Waals surface area contributed by atoms with Crippen LogP contribution in [-0.4, -0.2) is 57.0 Å². The minimum absolute atomic E-state index is 0.160. The second-order valence-corrected chi connectivity index (χ2v) is 8.88. The normalized spacial score (nSPS) is 24.3. The number of hydrogen-bond donors (Lipinski definition) is 0. The summed E-state index contributed by atoms with van der Waals surface area (Å²) in [5.74, 6) is 8.06. The second-order valence-electron chi connectivity index (χ2n) is 8.88. The molecule has 4 aliphatic rings. The summed E-state index contributed by atoms with van der Waals surface area (Å²) in [5.41, 5.74) is 0.500. The zero-order valence-electron chi connectivity index (χ0n) is 17.6. The van der Waals surface area contributed by atoms with Gasteiger partial charge in [-0.05, 0) is 89.5 Å². The largest absolute Gasteiger partial charge is 0.444 e. The van der Waals surface area contributed by atoms with Gasteiger partial charge in [0, 0.05) is 5.54 Å². The van der Waals surface area contributed by atoms with Crippen molar-refractivity contribution in [3.05, 3.63) is 42.8 Å². The van der Waals surface area contributed by atoms with Crippen LogP contribution < -0.4 is 0 Å². The van der Waals surface area contributed by atoms with Gasteiger partial charge in [0.15, 0.2) is 18.5 Å². The highest BCUT2D eigenvalue weighted by Crippen LogP contribution is 2.40. The van der Waals surface area contributed by atoms with E-state index < -0.39 is 0 Å². The zero-order valence-corrected chi connectivity index (χ0v) is 17.6. The monoisotopic (exact) mass is 406 g/mol. The van der Waals surface area contributed by atoms with Gasteiger partial charge >= 0.3 is 0 Å². The molecule has 0 amide bonds. The minimum atomic E-state index is 0.160. The lowest BCUT2D eigenvalue weighted by molar-refractivity contribution is 0.251. The van der Waals surface area contributed by atoms with Gasteiger partial charge in [-0.1, -0.05) is 12.0 Å². The maximum atomic E-state index is 5.22. The van der Waals surface area contributed by atoms with Crippen molar-refractivity contribution < 1.29 is 8.83 Å². The molecule has 4 fully saturated rings. The molecule has 6 nitrogen and oxygen atoms in total. The lowest BCUT2D eigenvalue weighted by atomic mass is 9.93. The van der Waals surface area contributed by atoms with Gasteiger partial charge in [0.25, 0.3) is 0 Å². The maximum Gasteiger partial charge on any atom is 0.197 e. The van der Waals surface area contributed by atoms with Gasteiger partial charge in [-0.2, -0.15) is 0 Å². The van der Waals surface area contributed by atoms with Crippen molar-refractivity contribution in [1.82, 2.24) is 19.8 Å². The fraction of sp³-hybridized carbons (Fsp3) is 0.583. The first kappa shape index (κ1) is 19.6. The molecule has 0 unspecified atom stereocenters. The summed E-state index contributed by atoms with van der Waals surface area (Å²) >= 11 is 0. The average molecular weight is 407 g/mol. The van der Waals surface area contributed by atoms with E-state index in [1.807, 2.05) is 0 Å². The van der Waals surface area contributed by atoms with Gasteiger partial charge in [0.1, 0.15) is 5.76 Å². The molecule has 0 bridgehead atoms.